The highest BCUT2D eigenvalue weighted by Crippen LogP contribution is 2.23. The lowest BCUT2D eigenvalue weighted by molar-refractivity contribution is -0.115. The second kappa shape index (κ2) is 9.52. The van der Waals surface area contributed by atoms with Gasteiger partial charge in [0.15, 0.2) is 16.1 Å². The molecule has 0 spiro atoms. The van der Waals surface area contributed by atoms with Gasteiger partial charge >= 0.3 is 0 Å². The van der Waals surface area contributed by atoms with Gasteiger partial charge in [-0.15, -0.1) is 21.5 Å². The Bertz CT molecular complexity index is 972. The van der Waals surface area contributed by atoms with Crippen LogP contribution in [0.3, 0.4) is 0 Å². The molecule has 0 bridgehead atoms. The van der Waals surface area contributed by atoms with Gasteiger partial charge in [-0.2, -0.15) is 0 Å². The number of aromatic nitrogens is 4. The molecule has 0 aliphatic rings. The van der Waals surface area contributed by atoms with Gasteiger partial charge in [0, 0.05) is 24.2 Å². The van der Waals surface area contributed by atoms with Crippen molar-refractivity contribution >= 4 is 40.0 Å². The molecule has 0 aliphatic heterocycles. The average molecular weight is 433 g/mol. The van der Waals surface area contributed by atoms with E-state index in [1.165, 1.54) is 23.1 Å². The average Bonchev–Trinajstić information content (AvgIpc) is 3.36. The summed E-state index contributed by atoms with van der Waals surface area (Å²) in [4.78, 5) is 28.6. The molecular weight excluding hydrogens is 412 g/mol. The van der Waals surface area contributed by atoms with Gasteiger partial charge in [0.25, 0.3) is 5.91 Å². The van der Waals surface area contributed by atoms with E-state index in [-0.39, 0.29) is 23.6 Å². The molecule has 2 heterocycles. The van der Waals surface area contributed by atoms with Crippen LogP contribution in [0.25, 0.3) is 0 Å². The van der Waals surface area contributed by atoms with Gasteiger partial charge in [-0.3, -0.25) is 9.59 Å². The first-order chi connectivity index (χ1) is 14.0. The zero-order valence-electron chi connectivity index (χ0n) is 16.1. The van der Waals surface area contributed by atoms with Crippen LogP contribution < -0.4 is 15.4 Å². The summed E-state index contributed by atoms with van der Waals surface area (Å²) in [5.41, 5.74) is 0.523. The van der Waals surface area contributed by atoms with E-state index in [4.69, 9.17) is 4.74 Å². The van der Waals surface area contributed by atoms with Crippen molar-refractivity contribution in [3.63, 3.8) is 0 Å². The summed E-state index contributed by atoms with van der Waals surface area (Å²) in [7, 11) is 3.37. The molecule has 0 aliphatic carbocycles. The molecule has 2 amide bonds. The molecule has 11 heteroatoms. The molecule has 3 rings (SSSR count). The lowest BCUT2D eigenvalue weighted by atomic mass is 10.2. The van der Waals surface area contributed by atoms with Gasteiger partial charge in [-0.1, -0.05) is 11.8 Å². The van der Waals surface area contributed by atoms with Gasteiger partial charge in [-0.05, 0) is 31.2 Å². The van der Waals surface area contributed by atoms with E-state index < -0.39 is 0 Å². The van der Waals surface area contributed by atoms with Crippen molar-refractivity contribution in [2.24, 2.45) is 7.05 Å². The molecule has 2 N–H and O–H groups in total. The number of ether oxygens (including phenoxy) is 1. The number of amides is 2. The number of benzene rings is 1. The fourth-order valence-corrected chi connectivity index (χ4v) is 3.67. The summed E-state index contributed by atoms with van der Waals surface area (Å²) < 4.78 is 6.84. The molecule has 0 saturated carbocycles. The predicted octanol–water partition coefficient (Wildman–Crippen LogP) is 2.33. The quantitative estimate of drug-likeness (QED) is 0.526. The Morgan fingerprint density at radius 2 is 2.03 bits per heavy atom. The number of hydrogen-bond donors (Lipinski definition) is 2. The molecule has 29 heavy (non-hydrogen) atoms. The fraction of sp³-hybridized carbons (Fsp3) is 0.278. The smallest absolute Gasteiger partial charge is 0.251 e. The van der Waals surface area contributed by atoms with Gasteiger partial charge in [0.1, 0.15) is 5.75 Å². The monoisotopic (exact) mass is 432 g/mol. The van der Waals surface area contributed by atoms with Gasteiger partial charge in [0.05, 0.1) is 18.9 Å². The second-order valence-electron chi connectivity index (χ2n) is 5.96. The number of nitrogens with zero attached hydrogens (tertiary/aromatic N) is 4. The maximum Gasteiger partial charge on any atom is 0.251 e. The summed E-state index contributed by atoms with van der Waals surface area (Å²) in [6, 6.07) is 6.83. The zero-order valence-corrected chi connectivity index (χ0v) is 17.7. The number of carbonyl (C=O) groups is 2. The van der Waals surface area contributed by atoms with Crippen LogP contribution in [0.15, 0.2) is 41.0 Å². The van der Waals surface area contributed by atoms with Crippen molar-refractivity contribution in [3.05, 3.63) is 47.2 Å². The molecule has 0 unspecified atom stereocenters. The van der Waals surface area contributed by atoms with Crippen LogP contribution in [0.5, 0.6) is 5.75 Å². The van der Waals surface area contributed by atoms with Crippen LogP contribution >= 0.6 is 23.1 Å². The van der Waals surface area contributed by atoms with Crippen LogP contribution in [0.1, 0.15) is 23.1 Å². The molecule has 0 saturated heterocycles. The molecule has 2 aromatic heterocycles. The minimum Gasteiger partial charge on any atom is -0.497 e. The SMILES string of the molecule is COc1ccc(C(=O)NCc2nnc(S[C@H](C)C(=O)Nc3nccs3)n2C)cc1. The highest BCUT2D eigenvalue weighted by atomic mass is 32.2. The van der Waals surface area contributed by atoms with Crippen LogP contribution in [0.4, 0.5) is 5.13 Å². The minimum atomic E-state index is -0.386. The van der Waals surface area contributed by atoms with Crippen LogP contribution in [-0.4, -0.2) is 43.9 Å². The Morgan fingerprint density at radius 3 is 2.69 bits per heavy atom. The van der Waals surface area contributed by atoms with Crippen molar-refractivity contribution in [1.29, 1.82) is 0 Å². The first kappa shape index (κ1) is 20.8. The molecule has 3 aromatic rings. The predicted molar refractivity (Wildman–Crippen MR) is 111 cm³/mol. The molecule has 9 nitrogen and oxygen atoms in total. The second-order valence-corrected chi connectivity index (χ2v) is 8.16. The number of anilines is 1. The largest absolute Gasteiger partial charge is 0.497 e. The topological polar surface area (TPSA) is 111 Å². The highest BCUT2D eigenvalue weighted by Gasteiger charge is 2.20. The van der Waals surface area contributed by atoms with Crippen molar-refractivity contribution in [2.45, 2.75) is 23.9 Å². The Balaban J connectivity index is 1.55. The Morgan fingerprint density at radius 1 is 1.28 bits per heavy atom. The number of rotatable bonds is 8. The standard InChI is InChI=1S/C18H20N6O3S2/c1-11(15(25)21-17-19-8-9-28-17)29-18-23-22-14(24(18)2)10-20-16(26)12-4-6-13(27-3)7-5-12/h4-9,11H,10H2,1-3H3,(H,20,26)(H,19,21,25)/t11-/m1/s1. The van der Waals surface area contributed by atoms with Gasteiger partial charge in [0.2, 0.25) is 5.91 Å². The number of thiazole rings is 1. The third-order valence-electron chi connectivity index (χ3n) is 4.00. The summed E-state index contributed by atoms with van der Waals surface area (Å²) in [5, 5.41) is 16.4. The van der Waals surface area contributed by atoms with Crippen LogP contribution in [0, 0.1) is 0 Å². The van der Waals surface area contributed by atoms with Gasteiger partial charge in [-0.25, -0.2) is 4.98 Å². The van der Waals surface area contributed by atoms with E-state index in [1.807, 2.05) is 0 Å². The number of methoxy groups -OCH3 is 1. The van der Waals surface area contributed by atoms with Crippen molar-refractivity contribution in [3.8, 4) is 5.75 Å². The Kier molecular flexibility index (Phi) is 6.83. The first-order valence-electron chi connectivity index (χ1n) is 8.65. The Labute approximate surface area is 175 Å². The van der Waals surface area contributed by atoms with E-state index in [2.05, 4.69) is 25.8 Å². The lowest BCUT2D eigenvalue weighted by Crippen LogP contribution is -2.24. The van der Waals surface area contributed by atoms with E-state index in [0.717, 1.165) is 0 Å². The van der Waals surface area contributed by atoms with Gasteiger partial charge < -0.3 is 19.9 Å². The number of carbonyl (C=O) groups excluding carboxylic acids is 2. The highest BCUT2D eigenvalue weighted by molar-refractivity contribution is 8.00. The fourth-order valence-electron chi connectivity index (χ4n) is 2.31. The van der Waals surface area contributed by atoms with Crippen molar-refractivity contribution < 1.29 is 14.3 Å². The minimum absolute atomic E-state index is 0.165. The number of hydrogen-bond acceptors (Lipinski definition) is 8. The van der Waals surface area contributed by atoms with E-state index in [9.17, 15) is 9.59 Å². The molecule has 152 valence electrons. The summed E-state index contributed by atoms with van der Waals surface area (Å²) in [5.74, 6) is 0.884. The first-order valence-corrected chi connectivity index (χ1v) is 10.4. The molecular formula is C18H20N6O3S2. The number of thioether (sulfide) groups is 1. The third-order valence-corrected chi connectivity index (χ3v) is 5.82. The molecule has 0 fully saturated rings. The third kappa shape index (κ3) is 5.33. The summed E-state index contributed by atoms with van der Waals surface area (Å²) in [6.45, 7) is 2.00. The van der Waals surface area contributed by atoms with Crippen molar-refractivity contribution in [2.75, 3.05) is 12.4 Å². The Hall–Kier alpha value is -2.92. The van der Waals surface area contributed by atoms with Crippen LogP contribution in [-0.2, 0) is 18.4 Å². The summed E-state index contributed by atoms with van der Waals surface area (Å²) >= 11 is 2.64. The summed E-state index contributed by atoms with van der Waals surface area (Å²) in [6.07, 6.45) is 1.63. The lowest BCUT2D eigenvalue weighted by Gasteiger charge is -2.10. The normalized spacial score (nSPS) is 11.7. The van der Waals surface area contributed by atoms with Crippen molar-refractivity contribution in [1.82, 2.24) is 25.1 Å². The zero-order chi connectivity index (χ0) is 20.8. The molecule has 0 radical (unpaired) electrons. The molecule has 1 aromatic carbocycles. The van der Waals surface area contributed by atoms with E-state index in [1.54, 1.807) is 61.5 Å². The van der Waals surface area contributed by atoms with E-state index in [0.29, 0.717) is 27.4 Å². The maximum atomic E-state index is 12.3. The number of nitrogens with one attached hydrogen (secondary N) is 2. The van der Waals surface area contributed by atoms with Crippen LogP contribution in [0.2, 0.25) is 0 Å². The van der Waals surface area contributed by atoms with E-state index >= 15 is 0 Å². The maximum absolute atomic E-state index is 12.3. The molecule has 1 atom stereocenters.